The number of nitrogens with one attached hydrogen (secondary N) is 1. The molecule has 0 spiro atoms. The third-order valence-electron chi connectivity index (χ3n) is 4.95. The minimum Gasteiger partial charge on any atom is -0.326 e. The first-order valence-corrected chi connectivity index (χ1v) is 8.93. The molecule has 1 fully saturated rings. The molecule has 6 heteroatoms. The number of carbonyl (C=O) groups excluding carboxylic acids is 2. The van der Waals surface area contributed by atoms with E-state index in [-0.39, 0.29) is 18.6 Å². The van der Waals surface area contributed by atoms with Crippen LogP contribution < -0.4 is 5.32 Å². The smallest absolute Gasteiger partial charge is 0.326 e. The van der Waals surface area contributed by atoms with E-state index in [1.165, 1.54) is 6.07 Å². The zero-order valence-corrected chi connectivity index (χ0v) is 14.6. The molecular weight excluding hydrogens is 355 g/mol. The number of hydrogen-bond acceptors (Lipinski definition) is 2. The van der Waals surface area contributed by atoms with Gasteiger partial charge in [0.1, 0.15) is 0 Å². The zero-order chi connectivity index (χ0) is 19.4. The molecular formula is C21H20F3NO2. The third kappa shape index (κ3) is 4.56. The summed E-state index contributed by atoms with van der Waals surface area (Å²) in [6.45, 7) is 0. The van der Waals surface area contributed by atoms with E-state index in [0.29, 0.717) is 29.7 Å². The molecule has 27 heavy (non-hydrogen) atoms. The van der Waals surface area contributed by atoms with Crippen LogP contribution in [0.4, 0.5) is 18.9 Å². The van der Waals surface area contributed by atoms with Gasteiger partial charge in [0.15, 0.2) is 5.78 Å². The second kappa shape index (κ2) is 7.94. The lowest BCUT2D eigenvalue weighted by Crippen LogP contribution is -2.39. The SMILES string of the molecule is O=C(c1ccccc1)c1cccc(NC(=O)C2CCCCC2C(F)(F)F)c1. The molecule has 1 saturated carbocycles. The molecule has 1 amide bonds. The first-order chi connectivity index (χ1) is 12.9. The van der Waals surface area contributed by atoms with Crippen molar-refractivity contribution in [1.82, 2.24) is 0 Å². The van der Waals surface area contributed by atoms with Gasteiger partial charge in [-0.25, -0.2) is 0 Å². The summed E-state index contributed by atoms with van der Waals surface area (Å²) in [5, 5.41) is 2.57. The van der Waals surface area contributed by atoms with E-state index in [1.807, 2.05) is 0 Å². The van der Waals surface area contributed by atoms with Crippen LogP contribution in [0, 0.1) is 11.8 Å². The highest BCUT2D eigenvalue weighted by Gasteiger charge is 2.48. The maximum absolute atomic E-state index is 13.2. The lowest BCUT2D eigenvalue weighted by molar-refractivity contribution is -0.197. The summed E-state index contributed by atoms with van der Waals surface area (Å²) >= 11 is 0. The van der Waals surface area contributed by atoms with Crippen molar-refractivity contribution in [3.05, 3.63) is 65.7 Å². The second-order valence-corrected chi connectivity index (χ2v) is 6.80. The van der Waals surface area contributed by atoms with E-state index in [1.54, 1.807) is 48.5 Å². The van der Waals surface area contributed by atoms with Gasteiger partial charge in [0.2, 0.25) is 5.91 Å². The molecule has 1 aliphatic carbocycles. The van der Waals surface area contributed by atoms with Crippen LogP contribution in [0.15, 0.2) is 54.6 Å². The number of benzene rings is 2. The Labute approximate surface area is 155 Å². The van der Waals surface area contributed by atoms with Crippen molar-refractivity contribution >= 4 is 17.4 Å². The molecule has 3 rings (SSSR count). The number of rotatable bonds is 4. The molecule has 0 heterocycles. The van der Waals surface area contributed by atoms with Crippen LogP contribution in [0.1, 0.15) is 41.6 Å². The molecule has 2 aromatic rings. The van der Waals surface area contributed by atoms with Crippen molar-refractivity contribution in [3.63, 3.8) is 0 Å². The summed E-state index contributed by atoms with van der Waals surface area (Å²) in [4.78, 5) is 25.0. The van der Waals surface area contributed by atoms with Crippen molar-refractivity contribution in [2.75, 3.05) is 5.32 Å². The number of carbonyl (C=O) groups is 2. The maximum atomic E-state index is 13.2. The minimum atomic E-state index is -4.38. The summed E-state index contributed by atoms with van der Waals surface area (Å²) in [6.07, 6.45) is -3.09. The van der Waals surface area contributed by atoms with Gasteiger partial charge in [0.05, 0.1) is 5.92 Å². The molecule has 0 bridgehead atoms. The Morgan fingerprint density at radius 1 is 0.889 bits per heavy atom. The Hall–Kier alpha value is -2.63. The maximum Gasteiger partial charge on any atom is 0.392 e. The van der Waals surface area contributed by atoms with E-state index in [9.17, 15) is 22.8 Å². The van der Waals surface area contributed by atoms with Crippen molar-refractivity contribution in [3.8, 4) is 0 Å². The molecule has 3 nitrogen and oxygen atoms in total. The van der Waals surface area contributed by atoms with E-state index < -0.39 is 23.9 Å². The Balaban J connectivity index is 1.76. The molecule has 2 atom stereocenters. The third-order valence-corrected chi connectivity index (χ3v) is 4.95. The number of alkyl halides is 3. The summed E-state index contributed by atoms with van der Waals surface area (Å²) in [6, 6.07) is 15.0. The largest absolute Gasteiger partial charge is 0.392 e. The number of amides is 1. The number of anilines is 1. The average Bonchev–Trinajstić information content (AvgIpc) is 2.67. The van der Waals surface area contributed by atoms with Crippen molar-refractivity contribution in [2.24, 2.45) is 11.8 Å². The van der Waals surface area contributed by atoms with E-state index in [0.717, 1.165) is 0 Å². The molecule has 2 unspecified atom stereocenters. The van der Waals surface area contributed by atoms with Crippen LogP contribution in [-0.2, 0) is 4.79 Å². The Kier molecular flexibility index (Phi) is 5.63. The van der Waals surface area contributed by atoms with Gasteiger partial charge in [-0.2, -0.15) is 13.2 Å². The molecule has 0 saturated heterocycles. The van der Waals surface area contributed by atoms with Crippen LogP contribution in [-0.4, -0.2) is 17.9 Å². The van der Waals surface area contributed by atoms with E-state index in [4.69, 9.17) is 0 Å². The summed E-state index contributed by atoms with van der Waals surface area (Å²) in [5.74, 6) is -3.55. The highest BCUT2D eigenvalue weighted by atomic mass is 19.4. The minimum absolute atomic E-state index is 0.0197. The van der Waals surface area contributed by atoms with E-state index in [2.05, 4.69) is 5.32 Å². The zero-order valence-electron chi connectivity index (χ0n) is 14.6. The monoisotopic (exact) mass is 375 g/mol. The summed E-state index contributed by atoms with van der Waals surface area (Å²) in [5.41, 5.74) is 1.20. The molecule has 0 aliphatic heterocycles. The summed E-state index contributed by atoms with van der Waals surface area (Å²) in [7, 11) is 0. The molecule has 1 aliphatic rings. The van der Waals surface area contributed by atoms with Gasteiger partial charge < -0.3 is 5.32 Å². The number of ketones is 1. The van der Waals surface area contributed by atoms with Crippen molar-refractivity contribution in [1.29, 1.82) is 0 Å². The fourth-order valence-corrected chi connectivity index (χ4v) is 3.57. The van der Waals surface area contributed by atoms with Crippen molar-refractivity contribution < 1.29 is 22.8 Å². The van der Waals surface area contributed by atoms with Gasteiger partial charge in [-0.15, -0.1) is 0 Å². The predicted octanol–water partition coefficient (Wildman–Crippen LogP) is 5.22. The van der Waals surface area contributed by atoms with Crippen molar-refractivity contribution in [2.45, 2.75) is 31.9 Å². The van der Waals surface area contributed by atoms with Gasteiger partial charge in [-0.3, -0.25) is 9.59 Å². The van der Waals surface area contributed by atoms with Crippen LogP contribution >= 0.6 is 0 Å². The molecule has 0 radical (unpaired) electrons. The van der Waals surface area contributed by atoms with Crippen LogP contribution in [0.25, 0.3) is 0 Å². The molecule has 0 aromatic heterocycles. The number of halogens is 3. The molecule has 142 valence electrons. The predicted molar refractivity (Wildman–Crippen MR) is 96.4 cm³/mol. The van der Waals surface area contributed by atoms with Gasteiger partial charge in [-0.1, -0.05) is 55.3 Å². The van der Waals surface area contributed by atoms with Gasteiger partial charge in [0, 0.05) is 22.7 Å². The Morgan fingerprint density at radius 2 is 1.56 bits per heavy atom. The standard InChI is InChI=1S/C21H20F3NO2/c22-21(23,24)18-12-5-4-11-17(18)20(27)25-16-10-6-9-15(13-16)19(26)14-7-2-1-3-8-14/h1-3,6-10,13,17-18H,4-5,11-12H2,(H,25,27). The lowest BCUT2D eigenvalue weighted by atomic mass is 9.78. The Morgan fingerprint density at radius 3 is 2.26 bits per heavy atom. The number of hydrogen-bond donors (Lipinski definition) is 1. The highest BCUT2D eigenvalue weighted by Crippen LogP contribution is 2.41. The quantitative estimate of drug-likeness (QED) is 0.744. The molecule has 2 aromatic carbocycles. The van der Waals surface area contributed by atoms with Crippen LogP contribution in [0.2, 0.25) is 0 Å². The average molecular weight is 375 g/mol. The fraction of sp³-hybridized carbons (Fsp3) is 0.333. The van der Waals surface area contributed by atoms with Crippen LogP contribution in [0.3, 0.4) is 0 Å². The normalized spacial score (nSPS) is 20.1. The first-order valence-electron chi connectivity index (χ1n) is 8.93. The fourth-order valence-electron chi connectivity index (χ4n) is 3.57. The Bertz CT molecular complexity index is 818. The highest BCUT2D eigenvalue weighted by molar-refractivity contribution is 6.09. The van der Waals surface area contributed by atoms with Gasteiger partial charge >= 0.3 is 6.18 Å². The van der Waals surface area contributed by atoms with E-state index >= 15 is 0 Å². The van der Waals surface area contributed by atoms with Gasteiger partial charge in [-0.05, 0) is 25.0 Å². The topological polar surface area (TPSA) is 46.2 Å². The van der Waals surface area contributed by atoms with Gasteiger partial charge in [0.25, 0.3) is 0 Å². The first kappa shape index (κ1) is 19.1. The second-order valence-electron chi connectivity index (χ2n) is 6.80. The lowest BCUT2D eigenvalue weighted by Gasteiger charge is -2.32. The van der Waals surface area contributed by atoms with Crippen LogP contribution in [0.5, 0.6) is 0 Å². The molecule has 1 N–H and O–H groups in total. The summed E-state index contributed by atoms with van der Waals surface area (Å²) < 4.78 is 39.7.